The number of hydrogen-bond donors (Lipinski definition) is 1. The number of aryl methyl sites for hydroxylation is 1. The van der Waals surface area contributed by atoms with Gasteiger partial charge in [-0.25, -0.2) is 0 Å². The highest BCUT2D eigenvalue weighted by Gasteiger charge is 2.57. The van der Waals surface area contributed by atoms with Gasteiger partial charge < -0.3 is 5.73 Å². The van der Waals surface area contributed by atoms with E-state index in [0.29, 0.717) is 12.0 Å². The molecule has 0 aromatic carbocycles. The van der Waals surface area contributed by atoms with Crippen LogP contribution in [0.5, 0.6) is 0 Å². The van der Waals surface area contributed by atoms with Gasteiger partial charge in [-0.3, -0.25) is 0 Å². The highest BCUT2D eigenvalue weighted by Crippen LogP contribution is 2.58. The molecule has 3 nitrogen and oxygen atoms in total. The van der Waals surface area contributed by atoms with Gasteiger partial charge in [0.2, 0.25) is 0 Å². The third-order valence-electron chi connectivity index (χ3n) is 2.88. The van der Waals surface area contributed by atoms with Crippen molar-refractivity contribution in [3.63, 3.8) is 0 Å². The van der Waals surface area contributed by atoms with E-state index >= 15 is 0 Å². The van der Waals surface area contributed by atoms with Crippen molar-refractivity contribution in [1.82, 2.24) is 9.59 Å². The highest BCUT2D eigenvalue weighted by atomic mass is 32.1. The van der Waals surface area contributed by atoms with Crippen LogP contribution < -0.4 is 5.73 Å². The summed E-state index contributed by atoms with van der Waals surface area (Å²) in [5, 5.41) is 3.99. The van der Waals surface area contributed by atoms with Crippen LogP contribution in [0.15, 0.2) is 0 Å². The van der Waals surface area contributed by atoms with Gasteiger partial charge in [-0.1, -0.05) is 18.3 Å². The van der Waals surface area contributed by atoms with E-state index in [1.54, 1.807) is 0 Å². The Labute approximate surface area is 76.1 Å². The lowest BCUT2D eigenvalue weighted by molar-refractivity contribution is 0.600. The van der Waals surface area contributed by atoms with Gasteiger partial charge in [0.25, 0.3) is 0 Å². The van der Waals surface area contributed by atoms with E-state index in [2.05, 4.69) is 23.4 Å². The summed E-state index contributed by atoms with van der Waals surface area (Å²) in [5.41, 5.74) is 7.25. The number of nitrogens with two attached hydrogens (primary N) is 1. The molecule has 2 rings (SSSR count). The van der Waals surface area contributed by atoms with Gasteiger partial charge in [0.05, 0.1) is 10.6 Å². The van der Waals surface area contributed by atoms with Crippen molar-refractivity contribution >= 4 is 11.5 Å². The molecule has 1 saturated carbocycles. The van der Waals surface area contributed by atoms with E-state index in [4.69, 9.17) is 5.73 Å². The van der Waals surface area contributed by atoms with Crippen LogP contribution in [0.1, 0.15) is 30.3 Å². The fourth-order valence-electron chi connectivity index (χ4n) is 1.70. The molecular weight excluding hydrogens is 170 g/mol. The smallest absolute Gasteiger partial charge is 0.0760 e. The molecular formula is C8H13N3S. The molecule has 0 saturated heterocycles. The Morgan fingerprint density at radius 2 is 2.08 bits per heavy atom. The van der Waals surface area contributed by atoms with Crippen LogP contribution >= 0.6 is 11.5 Å². The highest BCUT2D eigenvalue weighted by molar-refractivity contribution is 7.05. The molecule has 1 aromatic rings. The SMILES string of the molecule is Cc1nnsc1C1C(N)C1(C)C. The Hall–Kier alpha value is -0.480. The van der Waals surface area contributed by atoms with Crippen molar-refractivity contribution in [2.45, 2.75) is 32.7 Å². The molecule has 4 heteroatoms. The third-order valence-corrected chi connectivity index (χ3v) is 3.79. The summed E-state index contributed by atoms with van der Waals surface area (Å²) >= 11 is 1.49. The van der Waals surface area contributed by atoms with Crippen LogP contribution in [-0.4, -0.2) is 15.6 Å². The Morgan fingerprint density at radius 3 is 2.42 bits per heavy atom. The minimum atomic E-state index is 0.249. The molecule has 0 radical (unpaired) electrons. The summed E-state index contributed by atoms with van der Waals surface area (Å²) in [6.45, 7) is 6.39. The largest absolute Gasteiger partial charge is 0.327 e. The molecule has 2 atom stereocenters. The second-order valence-corrected chi connectivity index (χ2v) is 4.83. The lowest BCUT2D eigenvalue weighted by atomic mass is 10.1. The Balaban J connectivity index is 2.30. The van der Waals surface area contributed by atoms with Crippen LogP contribution in [-0.2, 0) is 0 Å². The van der Waals surface area contributed by atoms with Crippen LogP contribution in [0.3, 0.4) is 0 Å². The first-order valence-electron chi connectivity index (χ1n) is 4.09. The van der Waals surface area contributed by atoms with Crippen LogP contribution in [0.4, 0.5) is 0 Å². The summed E-state index contributed by atoms with van der Waals surface area (Å²) in [6, 6.07) is 0.290. The monoisotopic (exact) mass is 183 g/mol. The van der Waals surface area contributed by atoms with Crippen molar-refractivity contribution < 1.29 is 0 Å². The molecule has 1 aliphatic carbocycles. The molecule has 2 N–H and O–H groups in total. The number of hydrogen-bond acceptors (Lipinski definition) is 4. The van der Waals surface area contributed by atoms with Crippen molar-refractivity contribution in [1.29, 1.82) is 0 Å². The molecule has 0 amide bonds. The second kappa shape index (κ2) is 2.26. The first-order chi connectivity index (χ1) is 5.55. The zero-order valence-corrected chi connectivity index (χ0v) is 8.35. The zero-order chi connectivity index (χ0) is 8.93. The van der Waals surface area contributed by atoms with Crippen molar-refractivity contribution in [3.05, 3.63) is 10.6 Å². The topological polar surface area (TPSA) is 51.8 Å². The fraction of sp³-hybridized carbons (Fsp3) is 0.750. The average Bonchev–Trinajstić information content (AvgIpc) is 2.39. The van der Waals surface area contributed by atoms with Crippen molar-refractivity contribution in [3.8, 4) is 0 Å². The molecule has 12 heavy (non-hydrogen) atoms. The van der Waals surface area contributed by atoms with Gasteiger partial charge in [0.15, 0.2) is 0 Å². The maximum Gasteiger partial charge on any atom is 0.0760 e. The lowest BCUT2D eigenvalue weighted by Crippen LogP contribution is -2.06. The summed E-state index contributed by atoms with van der Waals surface area (Å²) in [4.78, 5) is 1.27. The quantitative estimate of drug-likeness (QED) is 0.714. The standard InChI is InChI=1S/C8H13N3S/c1-4-6(12-11-10-4)5-7(9)8(5,2)3/h5,7H,9H2,1-3H3. The molecule has 0 spiro atoms. The maximum absolute atomic E-state index is 5.96. The van der Waals surface area contributed by atoms with Crippen molar-refractivity contribution in [2.75, 3.05) is 0 Å². The van der Waals surface area contributed by atoms with Gasteiger partial charge in [-0.2, -0.15) is 0 Å². The second-order valence-electron chi connectivity index (χ2n) is 4.05. The average molecular weight is 183 g/mol. The minimum absolute atomic E-state index is 0.249. The molecule has 66 valence electrons. The van der Waals surface area contributed by atoms with E-state index in [9.17, 15) is 0 Å². The van der Waals surface area contributed by atoms with Crippen LogP contribution in [0.2, 0.25) is 0 Å². The maximum atomic E-state index is 5.96. The van der Waals surface area contributed by atoms with E-state index in [-0.39, 0.29) is 5.41 Å². The molecule has 1 aliphatic rings. The van der Waals surface area contributed by atoms with E-state index in [1.165, 1.54) is 16.4 Å². The Bertz CT molecular complexity index is 305. The number of aromatic nitrogens is 2. The summed E-state index contributed by atoms with van der Waals surface area (Å²) in [7, 11) is 0. The van der Waals surface area contributed by atoms with Gasteiger partial charge in [0, 0.05) is 12.0 Å². The van der Waals surface area contributed by atoms with Gasteiger partial charge >= 0.3 is 0 Å². The predicted molar refractivity (Wildman–Crippen MR) is 49.1 cm³/mol. The lowest BCUT2D eigenvalue weighted by Gasteiger charge is -1.98. The fourth-order valence-corrected chi connectivity index (χ4v) is 2.69. The Kier molecular flexibility index (Phi) is 1.53. The van der Waals surface area contributed by atoms with Crippen LogP contribution in [0.25, 0.3) is 0 Å². The first-order valence-corrected chi connectivity index (χ1v) is 4.87. The summed E-state index contributed by atoms with van der Waals surface area (Å²) < 4.78 is 3.92. The normalized spacial score (nSPS) is 32.0. The van der Waals surface area contributed by atoms with Gasteiger partial charge in [-0.05, 0) is 23.9 Å². The number of rotatable bonds is 1. The van der Waals surface area contributed by atoms with E-state index in [0.717, 1.165) is 5.69 Å². The van der Waals surface area contributed by atoms with Crippen LogP contribution in [0, 0.1) is 12.3 Å². The molecule has 1 aromatic heterocycles. The summed E-state index contributed by atoms with van der Waals surface area (Å²) in [5.74, 6) is 0.484. The van der Waals surface area contributed by atoms with E-state index < -0.39 is 0 Å². The van der Waals surface area contributed by atoms with Crippen molar-refractivity contribution in [2.24, 2.45) is 11.1 Å². The molecule has 1 fully saturated rings. The molecule has 0 aliphatic heterocycles. The number of nitrogens with zero attached hydrogens (tertiary/aromatic N) is 2. The van der Waals surface area contributed by atoms with Gasteiger partial charge in [-0.15, -0.1) is 5.10 Å². The third kappa shape index (κ3) is 0.912. The molecule has 1 heterocycles. The van der Waals surface area contributed by atoms with Gasteiger partial charge in [0.1, 0.15) is 0 Å². The predicted octanol–water partition coefficient (Wildman–Crippen LogP) is 1.30. The molecule has 0 bridgehead atoms. The molecule has 2 unspecified atom stereocenters. The van der Waals surface area contributed by atoms with E-state index in [1.807, 2.05) is 6.92 Å². The first kappa shape index (κ1) is 8.13. The summed E-state index contributed by atoms with van der Waals surface area (Å²) in [6.07, 6.45) is 0. The Morgan fingerprint density at radius 1 is 1.50 bits per heavy atom. The zero-order valence-electron chi connectivity index (χ0n) is 7.53. The minimum Gasteiger partial charge on any atom is -0.327 e.